The predicted octanol–water partition coefficient (Wildman–Crippen LogP) is 4.81. The third kappa shape index (κ3) is 3.59. The summed E-state index contributed by atoms with van der Waals surface area (Å²) < 4.78 is 7.48. The lowest BCUT2D eigenvalue weighted by Crippen LogP contribution is -2.49. The molecular formula is C29H25N5O2. The van der Waals surface area contributed by atoms with Crippen LogP contribution in [-0.2, 0) is 6.42 Å². The Bertz CT molecular complexity index is 1610. The first-order valence-electron chi connectivity index (χ1n) is 12.1. The van der Waals surface area contributed by atoms with Gasteiger partial charge in [0.25, 0.3) is 5.91 Å². The molecule has 0 bridgehead atoms. The highest BCUT2D eigenvalue weighted by Gasteiger charge is 2.29. The highest BCUT2D eigenvalue weighted by molar-refractivity contribution is 5.91. The van der Waals surface area contributed by atoms with E-state index in [1.54, 1.807) is 12.1 Å². The molecule has 36 heavy (non-hydrogen) atoms. The maximum atomic E-state index is 12.9. The van der Waals surface area contributed by atoms with Gasteiger partial charge in [0.05, 0.1) is 22.9 Å². The van der Waals surface area contributed by atoms with Crippen molar-refractivity contribution in [2.24, 2.45) is 0 Å². The number of fused-ring (bicyclic) bond motifs is 3. The van der Waals surface area contributed by atoms with Gasteiger partial charge in [-0.05, 0) is 42.3 Å². The van der Waals surface area contributed by atoms with Gasteiger partial charge in [0.15, 0.2) is 11.4 Å². The summed E-state index contributed by atoms with van der Waals surface area (Å²) in [6.07, 6.45) is 2.23. The lowest BCUT2D eigenvalue weighted by atomic mass is 9.97. The Balaban J connectivity index is 1.49. The van der Waals surface area contributed by atoms with Crippen molar-refractivity contribution < 1.29 is 9.21 Å². The summed E-state index contributed by atoms with van der Waals surface area (Å²) in [5.41, 5.74) is 6.36. The number of pyridine rings is 1. The number of carbonyl (C=O) groups excluding carboxylic acids is 1. The molecule has 0 radical (unpaired) electrons. The van der Waals surface area contributed by atoms with Gasteiger partial charge in [0, 0.05) is 38.2 Å². The van der Waals surface area contributed by atoms with Crippen LogP contribution >= 0.6 is 0 Å². The number of nitrogens with zero attached hydrogens (tertiary/aromatic N) is 5. The molecule has 0 aliphatic carbocycles. The summed E-state index contributed by atoms with van der Waals surface area (Å²) in [6, 6.07) is 24.2. The Kier molecular flexibility index (Phi) is 5.42. The number of hydrogen-bond donors (Lipinski definition) is 0. The molecule has 1 fully saturated rings. The number of para-hydroxylation sites is 2. The number of nitriles is 1. The van der Waals surface area contributed by atoms with Gasteiger partial charge in [-0.3, -0.25) is 9.20 Å². The van der Waals surface area contributed by atoms with Crippen molar-refractivity contribution >= 4 is 28.4 Å². The molecule has 1 aliphatic heterocycles. The summed E-state index contributed by atoms with van der Waals surface area (Å²) in [5.74, 6) is 1.33. The average molecular weight is 476 g/mol. The molecule has 178 valence electrons. The predicted molar refractivity (Wildman–Crippen MR) is 138 cm³/mol. The molecule has 0 N–H and O–H groups in total. The van der Waals surface area contributed by atoms with E-state index in [1.165, 1.54) is 11.8 Å². The van der Waals surface area contributed by atoms with Crippen molar-refractivity contribution in [3.8, 4) is 6.07 Å². The summed E-state index contributed by atoms with van der Waals surface area (Å²) in [5, 5.41) is 10.1. The van der Waals surface area contributed by atoms with Crippen molar-refractivity contribution in [3.05, 3.63) is 101 Å². The number of piperazine rings is 1. The monoisotopic (exact) mass is 475 g/mol. The van der Waals surface area contributed by atoms with Crippen molar-refractivity contribution in [3.63, 3.8) is 0 Å². The highest BCUT2D eigenvalue weighted by Crippen LogP contribution is 2.35. The van der Waals surface area contributed by atoms with E-state index in [-0.39, 0.29) is 5.91 Å². The van der Waals surface area contributed by atoms with Gasteiger partial charge in [0.2, 0.25) is 0 Å². The Labute approximate surface area is 208 Å². The average Bonchev–Trinajstić information content (AvgIpc) is 3.58. The van der Waals surface area contributed by atoms with Crippen LogP contribution in [0.15, 0.2) is 77.4 Å². The minimum atomic E-state index is -0.0848. The van der Waals surface area contributed by atoms with E-state index < -0.39 is 0 Å². The number of anilines is 1. The van der Waals surface area contributed by atoms with Crippen molar-refractivity contribution in [1.82, 2.24) is 14.3 Å². The number of hydrogen-bond acceptors (Lipinski definition) is 5. The maximum absolute atomic E-state index is 12.9. The summed E-state index contributed by atoms with van der Waals surface area (Å²) >= 11 is 0. The molecular weight excluding hydrogens is 450 g/mol. The van der Waals surface area contributed by atoms with Gasteiger partial charge >= 0.3 is 0 Å². The zero-order chi connectivity index (χ0) is 24.6. The standard InChI is InChI=1S/C29H25N5O2/c1-20-22(18-21-8-3-2-4-9-21)28(32-13-15-33(16-14-32)29(35)26-12-7-17-36-26)34-25-11-6-5-10-24(25)31-27(34)23(20)19-30/h2-12,17H,13-16,18H2,1H3. The molecule has 1 saturated heterocycles. The summed E-state index contributed by atoms with van der Waals surface area (Å²) in [6.45, 7) is 4.52. The minimum absolute atomic E-state index is 0.0848. The van der Waals surface area contributed by atoms with Crippen LogP contribution in [0.2, 0.25) is 0 Å². The zero-order valence-corrected chi connectivity index (χ0v) is 20.0. The van der Waals surface area contributed by atoms with Gasteiger partial charge < -0.3 is 14.2 Å². The minimum Gasteiger partial charge on any atom is -0.459 e. The molecule has 0 unspecified atom stereocenters. The van der Waals surface area contributed by atoms with E-state index in [0.717, 1.165) is 28.0 Å². The number of benzene rings is 2. The van der Waals surface area contributed by atoms with Crippen LogP contribution in [0.25, 0.3) is 16.7 Å². The van der Waals surface area contributed by atoms with E-state index in [1.807, 2.05) is 48.2 Å². The highest BCUT2D eigenvalue weighted by atomic mass is 16.3. The summed E-state index contributed by atoms with van der Waals surface area (Å²) in [4.78, 5) is 21.9. The molecule has 6 rings (SSSR count). The van der Waals surface area contributed by atoms with Crippen molar-refractivity contribution in [2.75, 3.05) is 31.1 Å². The third-order valence-electron chi connectivity index (χ3n) is 7.03. The van der Waals surface area contributed by atoms with Crippen LogP contribution in [0.5, 0.6) is 0 Å². The van der Waals surface area contributed by atoms with Crippen molar-refractivity contribution in [2.45, 2.75) is 13.3 Å². The largest absolute Gasteiger partial charge is 0.459 e. The van der Waals surface area contributed by atoms with Crippen LogP contribution in [-0.4, -0.2) is 46.4 Å². The fraction of sp³-hybridized carbons (Fsp3) is 0.207. The van der Waals surface area contributed by atoms with Gasteiger partial charge in [-0.15, -0.1) is 0 Å². The molecule has 5 aromatic rings. The molecule has 1 amide bonds. The number of amides is 1. The number of aromatic nitrogens is 2. The first-order chi connectivity index (χ1) is 17.7. The SMILES string of the molecule is Cc1c(Cc2ccccc2)c(N2CCN(C(=O)c3ccco3)CC2)n2c(nc3ccccc32)c1C#N. The molecule has 2 aromatic carbocycles. The molecule has 0 saturated carbocycles. The van der Waals surface area contributed by atoms with Crippen molar-refractivity contribution in [1.29, 1.82) is 5.26 Å². The Morgan fingerprint density at radius 2 is 1.75 bits per heavy atom. The Hall–Kier alpha value is -4.57. The molecule has 1 aliphatic rings. The fourth-order valence-electron chi connectivity index (χ4n) is 5.18. The molecule has 4 heterocycles. The van der Waals surface area contributed by atoms with E-state index in [4.69, 9.17) is 9.40 Å². The Morgan fingerprint density at radius 1 is 1.00 bits per heavy atom. The lowest BCUT2D eigenvalue weighted by molar-refractivity contribution is 0.0714. The van der Waals surface area contributed by atoms with E-state index in [9.17, 15) is 10.1 Å². The maximum Gasteiger partial charge on any atom is 0.289 e. The molecule has 7 nitrogen and oxygen atoms in total. The van der Waals surface area contributed by atoms with Crippen LogP contribution in [0.3, 0.4) is 0 Å². The normalized spacial score (nSPS) is 13.9. The zero-order valence-electron chi connectivity index (χ0n) is 20.0. The number of carbonyl (C=O) groups is 1. The van der Waals surface area contributed by atoms with Gasteiger partial charge in [-0.25, -0.2) is 4.98 Å². The second-order valence-electron chi connectivity index (χ2n) is 9.09. The summed E-state index contributed by atoms with van der Waals surface area (Å²) in [7, 11) is 0. The number of rotatable bonds is 4. The number of furan rings is 1. The smallest absolute Gasteiger partial charge is 0.289 e. The Morgan fingerprint density at radius 3 is 2.47 bits per heavy atom. The van der Waals surface area contributed by atoms with E-state index in [0.29, 0.717) is 49.6 Å². The first-order valence-corrected chi connectivity index (χ1v) is 12.1. The molecule has 3 aromatic heterocycles. The van der Waals surface area contributed by atoms with Gasteiger partial charge in [-0.1, -0.05) is 42.5 Å². The van der Waals surface area contributed by atoms with E-state index >= 15 is 0 Å². The third-order valence-corrected chi connectivity index (χ3v) is 7.03. The van der Waals surface area contributed by atoms with E-state index in [2.05, 4.69) is 33.6 Å². The molecule has 0 spiro atoms. The molecule has 7 heteroatoms. The molecule has 0 atom stereocenters. The van der Waals surface area contributed by atoms with Gasteiger partial charge in [0.1, 0.15) is 11.9 Å². The van der Waals surface area contributed by atoms with Crippen LogP contribution < -0.4 is 4.90 Å². The second kappa shape index (κ2) is 8.90. The lowest BCUT2D eigenvalue weighted by Gasteiger charge is -2.37. The number of imidazole rings is 1. The van der Waals surface area contributed by atoms with Gasteiger partial charge in [-0.2, -0.15) is 5.26 Å². The van der Waals surface area contributed by atoms with Crippen LogP contribution in [0.4, 0.5) is 5.82 Å². The second-order valence-corrected chi connectivity index (χ2v) is 9.09. The first kappa shape index (κ1) is 21.9. The topological polar surface area (TPSA) is 77.8 Å². The quantitative estimate of drug-likeness (QED) is 0.373. The van der Waals surface area contributed by atoms with Crippen LogP contribution in [0, 0.1) is 18.3 Å². The fourth-order valence-corrected chi connectivity index (χ4v) is 5.18. The van der Waals surface area contributed by atoms with Crippen LogP contribution in [0.1, 0.15) is 32.8 Å².